The molecule has 16 heavy (non-hydrogen) atoms. The Morgan fingerprint density at radius 1 is 1.38 bits per heavy atom. The molecule has 0 atom stereocenters. The summed E-state index contributed by atoms with van der Waals surface area (Å²) in [6.07, 6.45) is 1.24. The molecule has 0 radical (unpaired) electrons. The molecule has 0 unspecified atom stereocenters. The molecule has 0 aromatic carbocycles. The molecule has 0 aromatic heterocycles. The molecule has 94 valence electrons. The summed E-state index contributed by atoms with van der Waals surface area (Å²) in [4.78, 5) is 10.5. The van der Waals surface area contributed by atoms with E-state index in [0.29, 0.717) is 12.8 Å². The summed E-state index contributed by atoms with van der Waals surface area (Å²) in [7, 11) is -3.31. The number of carbonyl (C=O) groups is 1. The van der Waals surface area contributed by atoms with Crippen LogP contribution in [0.25, 0.3) is 0 Å². The first-order valence-corrected chi connectivity index (χ1v) is 6.89. The highest BCUT2D eigenvalue weighted by Gasteiger charge is 2.43. The maximum Gasteiger partial charge on any atom is 0.304 e. The molecule has 0 amide bonds. The van der Waals surface area contributed by atoms with Gasteiger partial charge >= 0.3 is 5.97 Å². The van der Waals surface area contributed by atoms with E-state index in [0.717, 1.165) is 0 Å². The molecule has 1 N–H and O–H groups in total. The molecule has 0 aromatic rings. The molecule has 1 fully saturated rings. The van der Waals surface area contributed by atoms with Gasteiger partial charge in [0.15, 0.2) is 0 Å². The number of hydrogen-bond acceptors (Lipinski definition) is 3. The third kappa shape index (κ3) is 3.18. The second kappa shape index (κ2) is 4.33. The van der Waals surface area contributed by atoms with Crippen molar-refractivity contribution in [1.29, 1.82) is 0 Å². The fourth-order valence-electron chi connectivity index (χ4n) is 1.59. The van der Waals surface area contributed by atoms with Crippen molar-refractivity contribution in [3.63, 3.8) is 0 Å². The van der Waals surface area contributed by atoms with Crippen molar-refractivity contribution in [2.45, 2.75) is 50.8 Å². The van der Waals surface area contributed by atoms with Gasteiger partial charge in [0.25, 0.3) is 0 Å². The van der Waals surface area contributed by atoms with Crippen LogP contribution in [-0.2, 0) is 14.8 Å². The van der Waals surface area contributed by atoms with Crippen LogP contribution in [0.3, 0.4) is 0 Å². The van der Waals surface area contributed by atoms with Crippen molar-refractivity contribution < 1.29 is 18.3 Å². The van der Waals surface area contributed by atoms with Gasteiger partial charge in [0.05, 0.1) is 11.7 Å². The van der Waals surface area contributed by atoms with Gasteiger partial charge in [0, 0.05) is 12.1 Å². The third-order valence-corrected chi connectivity index (χ3v) is 5.19. The van der Waals surface area contributed by atoms with Gasteiger partial charge in [0.1, 0.15) is 0 Å². The van der Waals surface area contributed by atoms with Crippen molar-refractivity contribution in [3.05, 3.63) is 0 Å². The molecule has 5 nitrogen and oxygen atoms in total. The zero-order valence-electron chi connectivity index (χ0n) is 9.93. The number of hydrogen-bond donors (Lipinski definition) is 1. The average Bonchev–Trinajstić information content (AvgIpc) is 2.81. The van der Waals surface area contributed by atoms with E-state index in [1.807, 2.05) is 0 Å². The molecule has 6 heteroatoms. The van der Waals surface area contributed by atoms with E-state index in [1.165, 1.54) is 4.31 Å². The van der Waals surface area contributed by atoms with Crippen molar-refractivity contribution >= 4 is 16.0 Å². The molecule has 1 rings (SSSR count). The smallest absolute Gasteiger partial charge is 0.304 e. The van der Waals surface area contributed by atoms with E-state index in [4.69, 9.17) is 5.11 Å². The molecule has 0 saturated heterocycles. The van der Waals surface area contributed by atoms with E-state index >= 15 is 0 Å². The van der Waals surface area contributed by atoms with E-state index in [-0.39, 0.29) is 18.2 Å². The van der Waals surface area contributed by atoms with E-state index in [1.54, 1.807) is 20.8 Å². The lowest BCUT2D eigenvalue weighted by Gasteiger charge is -2.34. The van der Waals surface area contributed by atoms with Crippen molar-refractivity contribution in [2.75, 3.05) is 6.54 Å². The summed E-state index contributed by atoms with van der Waals surface area (Å²) in [6.45, 7) is 5.41. The Hall–Kier alpha value is -0.620. The molecule has 0 bridgehead atoms. The van der Waals surface area contributed by atoms with Gasteiger partial charge in [-0.1, -0.05) is 0 Å². The highest BCUT2D eigenvalue weighted by atomic mass is 32.2. The molecule has 0 spiro atoms. The van der Waals surface area contributed by atoms with Crippen LogP contribution in [0.15, 0.2) is 0 Å². The predicted octanol–water partition coefficient (Wildman–Crippen LogP) is 1.05. The summed E-state index contributed by atoms with van der Waals surface area (Å²) < 4.78 is 25.5. The SMILES string of the molecule is CC(C)(C)N(CCC(=O)O)S(=O)(=O)C1CC1. The van der Waals surface area contributed by atoms with Gasteiger partial charge in [-0.15, -0.1) is 0 Å². The third-order valence-electron chi connectivity index (χ3n) is 2.53. The van der Waals surface area contributed by atoms with Crippen LogP contribution >= 0.6 is 0 Å². The summed E-state index contributed by atoms with van der Waals surface area (Å²) in [5.41, 5.74) is -0.559. The highest BCUT2D eigenvalue weighted by Crippen LogP contribution is 2.34. The fourth-order valence-corrected chi connectivity index (χ4v) is 3.79. The number of carboxylic acids is 1. The van der Waals surface area contributed by atoms with Crippen molar-refractivity contribution in [3.8, 4) is 0 Å². The minimum atomic E-state index is -3.31. The number of sulfonamides is 1. The van der Waals surface area contributed by atoms with E-state index in [2.05, 4.69) is 0 Å². The minimum Gasteiger partial charge on any atom is -0.481 e. The van der Waals surface area contributed by atoms with Crippen molar-refractivity contribution in [2.24, 2.45) is 0 Å². The fraction of sp³-hybridized carbons (Fsp3) is 0.900. The average molecular weight is 249 g/mol. The molecular weight excluding hydrogens is 230 g/mol. The van der Waals surface area contributed by atoms with Gasteiger partial charge < -0.3 is 5.11 Å². The van der Waals surface area contributed by atoms with Gasteiger partial charge in [-0.05, 0) is 33.6 Å². The number of carboxylic acid groups (broad SMARTS) is 1. The van der Waals surface area contributed by atoms with Crippen molar-refractivity contribution in [1.82, 2.24) is 4.31 Å². The lowest BCUT2D eigenvalue weighted by atomic mass is 10.1. The van der Waals surface area contributed by atoms with Crippen LogP contribution in [-0.4, -0.2) is 41.1 Å². The molecule has 1 saturated carbocycles. The monoisotopic (exact) mass is 249 g/mol. The Bertz CT molecular complexity index is 365. The Kier molecular flexibility index (Phi) is 3.64. The number of rotatable bonds is 5. The van der Waals surface area contributed by atoms with Gasteiger partial charge in [-0.3, -0.25) is 4.79 Å². The zero-order chi connectivity index (χ0) is 12.6. The lowest BCUT2D eigenvalue weighted by molar-refractivity contribution is -0.137. The van der Waals surface area contributed by atoms with Crippen LogP contribution < -0.4 is 0 Å². The van der Waals surface area contributed by atoms with Gasteiger partial charge in [-0.25, -0.2) is 8.42 Å². The molecule has 0 aliphatic heterocycles. The van der Waals surface area contributed by atoms with Gasteiger partial charge in [0.2, 0.25) is 10.0 Å². The summed E-state index contributed by atoms with van der Waals surface area (Å²) in [5, 5.41) is 8.34. The molecule has 1 aliphatic rings. The number of nitrogens with zero attached hydrogens (tertiary/aromatic N) is 1. The Morgan fingerprint density at radius 3 is 2.19 bits per heavy atom. The Balaban J connectivity index is 2.83. The first kappa shape index (κ1) is 13.4. The first-order valence-electron chi connectivity index (χ1n) is 5.39. The maximum absolute atomic E-state index is 12.1. The van der Waals surface area contributed by atoms with E-state index < -0.39 is 21.5 Å². The lowest BCUT2D eigenvalue weighted by Crippen LogP contribution is -2.47. The topological polar surface area (TPSA) is 74.7 Å². The number of aliphatic carboxylic acids is 1. The van der Waals surface area contributed by atoms with Crippen LogP contribution in [0, 0.1) is 0 Å². The minimum absolute atomic E-state index is 0.0532. The quantitative estimate of drug-likeness (QED) is 0.790. The standard InChI is InChI=1S/C10H19NO4S/c1-10(2,3)11(7-6-9(12)13)16(14,15)8-4-5-8/h8H,4-7H2,1-3H3,(H,12,13). The molecule has 0 heterocycles. The second-order valence-corrected chi connectivity index (χ2v) is 7.27. The molecular formula is C10H19NO4S. The predicted molar refractivity (Wildman–Crippen MR) is 60.7 cm³/mol. The molecule has 1 aliphatic carbocycles. The normalized spacial score (nSPS) is 17.8. The summed E-state index contributed by atoms with van der Waals surface area (Å²) >= 11 is 0. The Labute approximate surface area is 96.5 Å². The summed E-state index contributed by atoms with van der Waals surface area (Å²) in [6, 6.07) is 0. The van der Waals surface area contributed by atoms with Crippen LogP contribution in [0.2, 0.25) is 0 Å². The van der Waals surface area contributed by atoms with Crippen LogP contribution in [0.1, 0.15) is 40.0 Å². The highest BCUT2D eigenvalue weighted by molar-refractivity contribution is 7.90. The largest absolute Gasteiger partial charge is 0.481 e. The van der Waals surface area contributed by atoms with E-state index in [9.17, 15) is 13.2 Å². The summed E-state index contributed by atoms with van der Waals surface area (Å²) in [5.74, 6) is -0.972. The zero-order valence-corrected chi connectivity index (χ0v) is 10.7. The maximum atomic E-state index is 12.1. The second-order valence-electron chi connectivity index (χ2n) is 5.13. The van der Waals surface area contributed by atoms with Crippen LogP contribution in [0.5, 0.6) is 0 Å². The van der Waals surface area contributed by atoms with Crippen LogP contribution in [0.4, 0.5) is 0 Å². The van der Waals surface area contributed by atoms with Gasteiger partial charge in [-0.2, -0.15) is 4.31 Å². The Morgan fingerprint density at radius 2 is 1.88 bits per heavy atom. The first-order chi connectivity index (χ1) is 7.15.